The molecule has 3 unspecified atom stereocenters. The van der Waals surface area contributed by atoms with Crippen LogP contribution in [0.5, 0.6) is 0 Å². The first kappa shape index (κ1) is 44.9. The number of aromatic nitrogens is 3. The van der Waals surface area contributed by atoms with E-state index < -0.39 is 29.2 Å². The van der Waals surface area contributed by atoms with Crippen molar-refractivity contribution in [2.24, 2.45) is 16.2 Å². The van der Waals surface area contributed by atoms with Crippen LogP contribution in [0.15, 0.2) is 30.5 Å². The molecule has 5 fully saturated rings. The monoisotopic (exact) mass is 869 g/mol. The molecule has 3 aromatic rings. The molecule has 0 radical (unpaired) electrons. The molecule has 9 rings (SSSR count). The Morgan fingerprint density at radius 2 is 1.60 bits per heavy atom. The number of ether oxygens (including phenoxy) is 4. The van der Waals surface area contributed by atoms with Crippen molar-refractivity contribution in [3.05, 3.63) is 58.5 Å². The lowest BCUT2D eigenvalue weighted by Gasteiger charge is -2.69. The first-order valence-corrected chi connectivity index (χ1v) is 22.8. The van der Waals surface area contributed by atoms with E-state index in [1.165, 1.54) is 6.42 Å². The van der Waals surface area contributed by atoms with Gasteiger partial charge in [0.1, 0.15) is 17.0 Å². The summed E-state index contributed by atoms with van der Waals surface area (Å²) in [6.07, 6.45) is 9.36. The van der Waals surface area contributed by atoms with Gasteiger partial charge in [0.25, 0.3) is 0 Å². The number of carbonyl (C=O) groups is 3. The lowest BCUT2D eigenvalue weighted by atomic mass is 9.39. The van der Waals surface area contributed by atoms with Crippen molar-refractivity contribution >= 4 is 29.5 Å². The normalized spacial score (nSPS) is 27.7. The summed E-state index contributed by atoms with van der Waals surface area (Å²) >= 11 is 0. The van der Waals surface area contributed by atoms with Crippen molar-refractivity contribution in [1.82, 2.24) is 20.1 Å². The second kappa shape index (κ2) is 16.1. The molecule has 4 heterocycles. The number of carboxylic acid groups (broad SMARTS) is 1. The average Bonchev–Trinajstić information content (AvgIpc) is 3.76. The van der Waals surface area contributed by atoms with E-state index in [0.717, 1.165) is 73.1 Å². The van der Waals surface area contributed by atoms with Gasteiger partial charge in [-0.1, -0.05) is 13.8 Å². The number of aromatic carboxylic acids is 1. The van der Waals surface area contributed by atoms with Crippen molar-refractivity contribution in [2.45, 2.75) is 150 Å². The molecular weight excluding hydrogens is 801 g/mol. The third-order valence-electron chi connectivity index (χ3n) is 13.9. The third kappa shape index (κ3) is 9.44. The molecule has 1 saturated heterocycles. The maximum Gasteiger partial charge on any atom is 0.407 e. The number of nitrogens with one attached hydrogen (secondary N) is 1. The van der Waals surface area contributed by atoms with E-state index in [2.05, 4.69) is 41.7 Å². The van der Waals surface area contributed by atoms with E-state index >= 15 is 0 Å². The number of carbonyl (C=O) groups excluding carboxylic acids is 2. The van der Waals surface area contributed by atoms with Crippen LogP contribution in [0.1, 0.15) is 138 Å². The SMILES string of the molecule is COCCOC12CC3(C)CC(C)(CC(Cn4ncc(-c5ccc(N6CCc7cc(N8CCC(NC(=O)OC(C)(C)C)C8)cc(C(=O)O)c7C6)nc5C(=O)OC(C)(C)C)c4C)(C3)C1)C2. The molecule has 14 nitrogen and oxygen atoms in total. The molecule has 63 heavy (non-hydrogen) atoms. The number of anilines is 2. The number of fused-ring (bicyclic) bond motifs is 1. The van der Waals surface area contributed by atoms with E-state index in [1.807, 2.05) is 64.8 Å². The zero-order chi connectivity index (χ0) is 45.3. The van der Waals surface area contributed by atoms with Crippen LogP contribution in [0.4, 0.5) is 16.3 Å². The fourth-order valence-electron chi connectivity index (χ4n) is 12.8. The molecule has 342 valence electrons. The summed E-state index contributed by atoms with van der Waals surface area (Å²) in [4.78, 5) is 48.6. The van der Waals surface area contributed by atoms with Crippen LogP contribution >= 0.6 is 0 Å². The van der Waals surface area contributed by atoms with Crippen molar-refractivity contribution in [3.63, 3.8) is 0 Å². The summed E-state index contributed by atoms with van der Waals surface area (Å²) in [6, 6.07) is 7.56. The minimum absolute atomic E-state index is 0.0332. The number of benzene rings is 1. The lowest BCUT2D eigenvalue weighted by molar-refractivity contribution is -0.250. The Morgan fingerprint density at radius 1 is 0.889 bits per heavy atom. The largest absolute Gasteiger partial charge is 0.478 e. The quantitative estimate of drug-likeness (QED) is 0.133. The Bertz CT molecular complexity index is 2260. The van der Waals surface area contributed by atoms with Gasteiger partial charge in [0.05, 0.1) is 36.6 Å². The highest BCUT2D eigenvalue weighted by atomic mass is 16.6. The van der Waals surface area contributed by atoms with Crippen molar-refractivity contribution in [2.75, 3.05) is 49.8 Å². The van der Waals surface area contributed by atoms with Crippen molar-refractivity contribution < 1.29 is 38.4 Å². The van der Waals surface area contributed by atoms with Gasteiger partial charge < -0.3 is 39.2 Å². The molecule has 3 atom stereocenters. The van der Waals surface area contributed by atoms with E-state index in [4.69, 9.17) is 29.0 Å². The molecule has 1 aromatic carbocycles. The minimum atomic E-state index is -1.01. The summed E-state index contributed by atoms with van der Waals surface area (Å²) in [5.74, 6) is -0.963. The highest BCUT2D eigenvalue weighted by molar-refractivity contribution is 5.96. The fraction of sp³-hybridized carbons (Fsp3) is 0.653. The predicted molar refractivity (Wildman–Crippen MR) is 240 cm³/mol. The number of carboxylic acids is 1. The molecular formula is C49H68N6O8. The number of alkyl carbamates (subject to hydrolysis) is 1. The lowest BCUT2D eigenvalue weighted by Crippen LogP contribution is -2.64. The number of rotatable bonds is 12. The van der Waals surface area contributed by atoms with E-state index in [0.29, 0.717) is 57.2 Å². The number of pyridine rings is 1. The Labute approximate surface area is 372 Å². The summed E-state index contributed by atoms with van der Waals surface area (Å²) in [6.45, 7) is 22.1. The molecule has 0 spiro atoms. The molecule has 4 bridgehead atoms. The second-order valence-corrected chi connectivity index (χ2v) is 22.3. The summed E-state index contributed by atoms with van der Waals surface area (Å²) in [7, 11) is 1.72. The van der Waals surface area contributed by atoms with Gasteiger partial charge in [-0.05, 0) is 151 Å². The maximum atomic E-state index is 14.1. The first-order chi connectivity index (χ1) is 29.5. The molecule has 1 amide bonds. The molecule has 14 heteroatoms. The van der Waals surface area contributed by atoms with Crippen LogP contribution < -0.4 is 15.1 Å². The minimum Gasteiger partial charge on any atom is -0.478 e. The average molecular weight is 869 g/mol. The van der Waals surface area contributed by atoms with Crippen molar-refractivity contribution in [1.29, 1.82) is 0 Å². The van der Waals surface area contributed by atoms with Gasteiger partial charge in [-0.15, -0.1) is 0 Å². The Morgan fingerprint density at radius 3 is 2.27 bits per heavy atom. The molecule has 2 N–H and O–H groups in total. The van der Waals surface area contributed by atoms with Crippen LogP contribution in [-0.4, -0.2) is 101 Å². The van der Waals surface area contributed by atoms with Crippen LogP contribution in [0.3, 0.4) is 0 Å². The van der Waals surface area contributed by atoms with E-state index in [-0.39, 0.29) is 39.1 Å². The molecule has 2 aliphatic heterocycles. The van der Waals surface area contributed by atoms with Crippen LogP contribution in [0, 0.1) is 23.2 Å². The third-order valence-corrected chi connectivity index (χ3v) is 13.9. The number of esters is 1. The van der Waals surface area contributed by atoms with Crippen LogP contribution in [-0.2, 0) is 38.5 Å². The Kier molecular flexibility index (Phi) is 11.5. The van der Waals surface area contributed by atoms with Gasteiger partial charge in [-0.3, -0.25) is 4.68 Å². The highest BCUT2D eigenvalue weighted by Gasteiger charge is 2.66. The molecule has 6 aliphatic rings. The van der Waals surface area contributed by atoms with E-state index in [9.17, 15) is 19.5 Å². The molecule has 4 aliphatic carbocycles. The van der Waals surface area contributed by atoms with Gasteiger partial charge in [0.2, 0.25) is 0 Å². The fourth-order valence-corrected chi connectivity index (χ4v) is 12.8. The number of methoxy groups -OCH3 is 1. The van der Waals surface area contributed by atoms with E-state index in [1.54, 1.807) is 13.2 Å². The smallest absolute Gasteiger partial charge is 0.407 e. The number of hydrogen-bond acceptors (Lipinski definition) is 11. The van der Waals surface area contributed by atoms with Gasteiger partial charge in [0, 0.05) is 62.3 Å². The van der Waals surface area contributed by atoms with Crippen molar-refractivity contribution in [3.8, 4) is 11.1 Å². The van der Waals surface area contributed by atoms with Gasteiger partial charge >= 0.3 is 18.0 Å². The number of amides is 1. The van der Waals surface area contributed by atoms with Crippen LogP contribution in [0.2, 0.25) is 0 Å². The standard InChI is InChI=1S/C49H68N6O8/c1-31-37(21-50-55(31)30-48-25-46(8)24-47(9,26-48)28-49(27-46,29-48)61-18-17-60-10)35-11-12-39(52-40(35)42(58)62-44(2,3)4)54-15-13-32-19-34(20-36(41(56)57)38(32)23-54)53-16-14-33(22-53)51-43(59)63-45(5,6)7/h11-12,19-21,33H,13-18,22-30H2,1-10H3,(H,51,59)(H,56,57). The maximum absolute atomic E-state index is 14.1. The number of hydrogen-bond donors (Lipinski definition) is 2. The molecule has 4 saturated carbocycles. The number of nitrogens with zero attached hydrogens (tertiary/aromatic N) is 5. The van der Waals surface area contributed by atoms with Gasteiger partial charge in [0.15, 0.2) is 5.69 Å². The molecule has 2 aromatic heterocycles. The summed E-state index contributed by atoms with van der Waals surface area (Å²) in [5.41, 5.74) is 4.32. The predicted octanol–water partition coefficient (Wildman–Crippen LogP) is 8.36. The van der Waals surface area contributed by atoms with Crippen LogP contribution in [0.25, 0.3) is 11.1 Å². The Balaban J connectivity index is 1.05. The zero-order valence-corrected chi connectivity index (χ0v) is 39.1. The summed E-state index contributed by atoms with van der Waals surface area (Å²) < 4.78 is 25.7. The zero-order valence-electron chi connectivity index (χ0n) is 39.1. The first-order valence-electron chi connectivity index (χ1n) is 22.8. The van der Waals surface area contributed by atoms with Gasteiger partial charge in [-0.2, -0.15) is 5.10 Å². The second-order valence-electron chi connectivity index (χ2n) is 22.3. The summed E-state index contributed by atoms with van der Waals surface area (Å²) in [5, 5.41) is 18.5. The van der Waals surface area contributed by atoms with Gasteiger partial charge in [-0.25, -0.2) is 19.4 Å². The highest BCUT2D eigenvalue weighted by Crippen LogP contribution is 2.72. The Hall–Kier alpha value is -4.69. The topological polar surface area (TPSA) is 158 Å².